The number of ketones is 1. The molecule has 0 spiro atoms. The summed E-state index contributed by atoms with van der Waals surface area (Å²) in [6.07, 6.45) is -3.85. The van der Waals surface area contributed by atoms with E-state index in [1.165, 1.54) is 0 Å². The second kappa shape index (κ2) is 5.90. The predicted molar refractivity (Wildman–Crippen MR) is 52.5 cm³/mol. The van der Waals surface area contributed by atoms with Gasteiger partial charge in [0.2, 0.25) is 0 Å². The fourth-order valence-corrected chi connectivity index (χ4v) is 1.06. The highest BCUT2D eigenvalue weighted by Crippen LogP contribution is 2.22. The summed E-state index contributed by atoms with van der Waals surface area (Å²) in [6, 6.07) is 4.32. The van der Waals surface area contributed by atoms with Crippen molar-refractivity contribution in [2.24, 2.45) is 0 Å². The molecule has 0 heterocycles. The van der Waals surface area contributed by atoms with Gasteiger partial charge in [-0.3, -0.25) is 4.79 Å². The van der Waals surface area contributed by atoms with Gasteiger partial charge in [0, 0.05) is 5.56 Å². The van der Waals surface area contributed by atoms with Crippen LogP contribution in [0.15, 0.2) is 24.3 Å². The zero-order valence-electron chi connectivity index (χ0n) is 9.01. The maximum Gasteiger partial charge on any atom is 0.330 e. The van der Waals surface area contributed by atoms with Crippen molar-refractivity contribution in [3.63, 3.8) is 0 Å². The smallest absolute Gasteiger partial charge is 0.330 e. The largest absolute Gasteiger partial charge is 0.367 e. The van der Waals surface area contributed by atoms with Crippen LogP contribution < -0.4 is 0 Å². The van der Waals surface area contributed by atoms with Gasteiger partial charge < -0.3 is 4.74 Å². The molecule has 100 valence electrons. The third-order valence-corrected chi connectivity index (χ3v) is 2.01. The molecule has 18 heavy (non-hydrogen) atoms. The van der Waals surface area contributed by atoms with Crippen LogP contribution in [0, 0.1) is 5.82 Å². The third-order valence-electron chi connectivity index (χ3n) is 2.01. The number of alkyl halides is 4. The van der Waals surface area contributed by atoms with E-state index in [0.29, 0.717) is 0 Å². The van der Waals surface area contributed by atoms with Gasteiger partial charge in [-0.1, -0.05) is 0 Å². The number of carbonyl (C=O) groups excluding carboxylic acids is 1. The second-order valence-corrected chi connectivity index (χ2v) is 3.48. The van der Waals surface area contributed by atoms with Crippen LogP contribution in [0.5, 0.6) is 0 Å². The minimum atomic E-state index is -4.29. The number of halogens is 5. The number of ether oxygens (including phenoxy) is 1. The lowest BCUT2D eigenvalue weighted by molar-refractivity contribution is -0.163. The molecule has 7 heteroatoms. The van der Waals surface area contributed by atoms with Crippen molar-refractivity contribution in [3.05, 3.63) is 35.6 Å². The van der Waals surface area contributed by atoms with Crippen LogP contribution in [0.3, 0.4) is 0 Å². The lowest BCUT2D eigenvalue weighted by Gasteiger charge is -2.14. The zero-order chi connectivity index (χ0) is 13.8. The van der Waals surface area contributed by atoms with Gasteiger partial charge in [0.05, 0.1) is 0 Å². The number of carbonyl (C=O) groups is 1. The number of Topliss-reactive ketones (excluding diaryl/α,β-unsaturated/α-hetero) is 1. The first kappa shape index (κ1) is 14.6. The topological polar surface area (TPSA) is 26.3 Å². The van der Waals surface area contributed by atoms with Gasteiger partial charge in [-0.05, 0) is 24.3 Å². The molecule has 0 N–H and O–H groups in total. The van der Waals surface area contributed by atoms with Crippen LogP contribution in [0.4, 0.5) is 22.0 Å². The van der Waals surface area contributed by atoms with Crippen molar-refractivity contribution in [3.8, 4) is 0 Å². The lowest BCUT2D eigenvalue weighted by atomic mass is 10.1. The maximum atomic E-state index is 12.5. The fourth-order valence-electron chi connectivity index (χ4n) is 1.06. The van der Waals surface area contributed by atoms with E-state index in [1.54, 1.807) is 0 Å². The Hall–Kier alpha value is -1.50. The van der Waals surface area contributed by atoms with Crippen LogP contribution in [-0.4, -0.2) is 31.3 Å². The molecule has 1 aromatic rings. The molecule has 0 unspecified atom stereocenters. The Bertz CT molecular complexity index is 402. The highest BCUT2D eigenvalue weighted by molar-refractivity contribution is 5.97. The van der Waals surface area contributed by atoms with Crippen molar-refractivity contribution in [2.45, 2.75) is 12.3 Å². The highest BCUT2D eigenvalue weighted by Gasteiger charge is 2.41. The minimum absolute atomic E-state index is 0.0526. The summed E-state index contributed by atoms with van der Waals surface area (Å²) < 4.78 is 65.1. The quantitative estimate of drug-likeness (QED) is 0.585. The van der Waals surface area contributed by atoms with E-state index < -0.39 is 37.2 Å². The molecule has 2 nitrogen and oxygen atoms in total. The van der Waals surface area contributed by atoms with Crippen LogP contribution in [0.2, 0.25) is 0 Å². The first-order valence-electron chi connectivity index (χ1n) is 4.85. The Balaban J connectivity index is 2.45. The molecule has 0 aromatic heterocycles. The van der Waals surface area contributed by atoms with Crippen LogP contribution in [0.25, 0.3) is 0 Å². The third kappa shape index (κ3) is 4.06. The average molecular weight is 268 g/mol. The Morgan fingerprint density at radius 1 is 1.22 bits per heavy atom. The van der Waals surface area contributed by atoms with Crippen molar-refractivity contribution in [1.29, 1.82) is 0 Å². The molecule has 0 atom stereocenters. The van der Waals surface area contributed by atoms with E-state index >= 15 is 0 Å². The normalized spacial score (nSPS) is 11.9. The molecule has 0 fully saturated rings. The summed E-state index contributed by atoms with van der Waals surface area (Å²) in [7, 11) is 0. The second-order valence-electron chi connectivity index (χ2n) is 3.48. The van der Waals surface area contributed by atoms with Crippen LogP contribution in [0.1, 0.15) is 10.4 Å². The maximum absolute atomic E-state index is 12.5. The molecule has 0 aliphatic heterocycles. The Labute approximate surface area is 99.4 Å². The van der Waals surface area contributed by atoms with E-state index in [0.717, 1.165) is 24.3 Å². The Kier molecular flexibility index (Phi) is 4.77. The average Bonchev–Trinajstić information content (AvgIpc) is 2.29. The van der Waals surface area contributed by atoms with Gasteiger partial charge in [-0.25, -0.2) is 13.2 Å². The van der Waals surface area contributed by atoms with Gasteiger partial charge in [0.25, 0.3) is 0 Å². The molecular weight excluding hydrogens is 259 g/mol. The SMILES string of the molecule is O=C(COCC(F)(F)C(F)F)c1ccc(F)cc1. The summed E-state index contributed by atoms with van der Waals surface area (Å²) in [5, 5.41) is 0. The molecule has 1 aromatic carbocycles. The minimum Gasteiger partial charge on any atom is -0.367 e. The standard InChI is InChI=1S/C11H9F5O2/c12-8-3-1-7(2-4-8)9(17)5-18-6-11(15,16)10(13)14/h1-4,10H,5-6H2. The van der Waals surface area contributed by atoms with Gasteiger partial charge in [0.15, 0.2) is 5.78 Å². The number of hydrogen-bond acceptors (Lipinski definition) is 2. The predicted octanol–water partition coefficient (Wildman–Crippen LogP) is 2.93. The van der Waals surface area contributed by atoms with Crippen molar-refractivity contribution < 1.29 is 31.5 Å². The molecule has 0 saturated heterocycles. The van der Waals surface area contributed by atoms with E-state index in [9.17, 15) is 26.7 Å². The van der Waals surface area contributed by atoms with Gasteiger partial charge >= 0.3 is 12.3 Å². The van der Waals surface area contributed by atoms with E-state index in [4.69, 9.17) is 0 Å². The monoisotopic (exact) mass is 268 g/mol. The molecule has 0 saturated carbocycles. The first-order valence-corrected chi connectivity index (χ1v) is 4.85. The first-order chi connectivity index (χ1) is 8.33. The summed E-state index contributed by atoms with van der Waals surface area (Å²) in [4.78, 5) is 11.3. The lowest BCUT2D eigenvalue weighted by Crippen LogP contribution is -2.33. The molecule has 0 amide bonds. The highest BCUT2D eigenvalue weighted by atomic mass is 19.3. The van der Waals surface area contributed by atoms with E-state index in [1.807, 2.05) is 0 Å². The summed E-state index contributed by atoms with van der Waals surface area (Å²) in [5.74, 6) is -5.54. The van der Waals surface area contributed by atoms with Crippen molar-refractivity contribution in [2.75, 3.05) is 13.2 Å². The van der Waals surface area contributed by atoms with Gasteiger partial charge in [-0.15, -0.1) is 0 Å². The van der Waals surface area contributed by atoms with Gasteiger partial charge in [0.1, 0.15) is 19.0 Å². The molecule has 0 radical (unpaired) electrons. The Morgan fingerprint density at radius 2 is 1.78 bits per heavy atom. The Morgan fingerprint density at radius 3 is 2.28 bits per heavy atom. The number of rotatable bonds is 6. The fraction of sp³-hybridized carbons (Fsp3) is 0.364. The zero-order valence-corrected chi connectivity index (χ0v) is 9.01. The van der Waals surface area contributed by atoms with Crippen molar-refractivity contribution in [1.82, 2.24) is 0 Å². The van der Waals surface area contributed by atoms with Crippen molar-refractivity contribution >= 4 is 5.78 Å². The molecular formula is C11H9F5O2. The summed E-state index contributed by atoms with van der Waals surface area (Å²) in [5.41, 5.74) is 0.0526. The van der Waals surface area contributed by atoms with E-state index in [2.05, 4.69) is 4.74 Å². The number of benzene rings is 1. The molecule has 0 aliphatic rings. The molecule has 0 bridgehead atoms. The van der Waals surface area contributed by atoms with Crippen LogP contribution in [-0.2, 0) is 4.74 Å². The summed E-state index contributed by atoms with van der Waals surface area (Å²) in [6.45, 7) is -2.31. The van der Waals surface area contributed by atoms with E-state index in [-0.39, 0.29) is 5.56 Å². The molecule has 0 aliphatic carbocycles. The molecule has 1 rings (SSSR count). The van der Waals surface area contributed by atoms with Crippen LogP contribution >= 0.6 is 0 Å². The van der Waals surface area contributed by atoms with Gasteiger partial charge in [-0.2, -0.15) is 8.78 Å². The summed E-state index contributed by atoms with van der Waals surface area (Å²) >= 11 is 0. The number of hydrogen-bond donors (Lipinski definition) is 0.